The average molecular weight is 352 g/mol. The molecule has 0 saturated carbocycles. The molecule has 0 fully saturated rings. The number of ether oxygens (including phenoxy) is 1. The Hall–Kier alpha value is -2.49. The van der Waals surface area contributed by atoms with Crippen LogP contribution in [-0.2, 0) is 16.0 Å². The van der Waals surface area contributed by atoms with Crippen LogP contribution < -0.4 is 10.6 Å². The van der Waals surface area contributed by atoms with Gasteiger partial charge in [-0.05, 0) is 56.9 Å². The first-order valence-electron chi connectivity index (χ1n) is 9.26. The smallest absolute Gasteiger partial charge is 0.210 e. The lowest BCUT2D eigenvalue weighted by Gasteiger charge is -2.37. The molecule has 3 rings (SSSR count). The zero-order valence-corrected chi connectivity index (χ0v) is 15.9. The number of methoxy groups -OCH3 is 1. The highest BCUT2D eigenvalue weighted by Gasteiger charge is 2.34. The summed E-state index contributed by atoms with van der Waals surface area (Å²) in [5.74, 6) is 1.14. The Kier molecular flexibility index (Phi) is 5.50. The van der Waals surface area contributed by atoms with E-state index in [9.17, 15) is 4.79 Å². The molecule has 0 spiro atoms. The second-order valence-electron chi connectivity index (χ2n) is 7.04. The number of nitrogens with one attached hydrogen (secondary N) is 1. The van der Waals surface area contributed by atoms with Gasteiger partial charge in [0.05, 0.1) is 13.2 Å². The molecule has 1 aliphatic heterocycles. The Morgan fingerprint density at radius 1 is 1.46 bits per heavy atom. The van der Waals surface area contributed by atoms with Gasteiger partial charge in [0, 0.05) is 28.7 Å². The molecule has 2 aliphatic rings. The van der Waals surface area contributed by atoms with Crippen LogP contribution in [0, 0.1) is 5.92 Å². The van der Waals surface area contributed by atoms with E-state index in [-0.39, 0.29) is 12.0 Å². The summed E-state index contributed by atoms with van der Waals surface area (Å²) in [5, 5.41) is 2.11. The minimum Gasteiger partial charge on any atom is -0.497 e. The zero-order chi connectivity index (χ0) is 18.7. The highest BCUT2D eigenvalue weighted by atomic mass is 16.5. The number of hydrogen-bond donors (Lipinski definition) is 1. The number of carbonyl (C=O) groups is 1. The van der Waals surface area contributed by atoms with Crippen LogP contribution in [0.3, 0.4) is 0 Å². The summed E-state index contributed by atoms with van der Waals surface area (Å²) in [6.45, 7) is 9.10. The van der Waals surface area contributed by atoms with Gasteiger partial charge in [-0.15, -0.1) is 0 Å². The van der Waals surface area contributed by atoms with E-state index in [1.807, 2.05) is 17.9 Å². The fourth-order valence-electron chi connectivity index (χ4n) is 3.98. The van der Waals surface area contributed by atoms with E-state index in [0.29, 0.717) is 0 Å². The molecule has 26 heavy (non-hydrogen) atoms. The lowest BCUT2D eigenvalue weighted by atomic mass is 9.86. The largest absolute Gasteiger partial charge is 0.497 e. The van der Waals surface area contributed by atoms with E-state index in [4.69, 9.17) is 4.74 Å². The molecule has 1 aliphatic carbocycles. The molecular weight excluding hydrogens is 324 g/mol. The van der Waals surface area contributed by atoms with Crippen LogP contribution in [0.1, 0.15) is 44.0 Å². The number of allylic oxidation sites excluding steroid dienone is 4. The number of aromatic amines is 1. The quantitative estimate of drug-likeness (QED) is 0.847. The number of aromatic nitrogens is 1. The minimum atomic E-state index is 0.0191. The third kappa shape index (κ3) is 3.41. The van der Waals surface area contributed by atoms with Gasteiger partial charge in [-0.2, -0.15) is 0 Å². The summed E-state index contributed by atoms with van der Waals surface area (Å²) in [7, 11) is 1.69. The van der Waals surface area contributed by atoms with Crippen molar-refractivity contribution >= 4 is 19.1 Å². The zero-order valence-electron chi connectivity index (χ0n) is 15.9. The van der Waals surface area contributed by atoms with E-state index >= 15 is 0 Å². The molecule has 2 unspecified atom stereocenters. The number of nitrogens with zero attached hydrogens (tertiary/aromatic N) is 1. The average Bonchev–Trinajstić information content (AvgIpc) is 2.83. The molecule has 0 aromatic carbocycles. The van der Waals surface area contributed by atoms with E-state index in [1.54, 1.807) is 7.11 Å². The van der Waals surface area contributed by atoms with Gasteiger partial charge in [0.15, 0.2) is 0 Å². The third-order valence-electron chi connectivity index (χ3n) is 5.49. The molecule has 1 amide bonds. The topological polar surface area (TPSA) is 45.3 Å². The fraction of sp³-hybridized carbons (Fsp3) is 0.409. The first-order chi connectivity index (χ1) is 12.6. The SMILES string of the molecule is C=c1[nH]c2c(/c1=C/C(C)=C\C)CCN(C=O)C2C1C=CC(OC)=CCC1. The van der Waals surface area contributed by atoms with Crippen LogP contribution in [0.15, 0.2) is 35.6 Å². The Bertz CT molecular complexity index is 873. The number of rotatable bonds is 4. The monoisotopic (exact) mass is 352 g/mol. The maximum absolute atomic E-state index is 11.8. The number of hydrogen-bond acceptors (Lipinski definition) is 2. The number of carbonyl (C=O) groups excluding carboxylic acids is 1. The number of amides is 1. The number of fused-ring (bicyclic) bond motifs is 1. The Balaban J connectivity index is 2.07. The summed E-state index contributed by atoms with van der Waals surface area (Å²) in [5.41, 5.74) is 3.66. The van der Waals surface area contributed by atoms with Gasteiger partial charge in [0.1, 0.15) is 5.76 Å². The molecule has 2 heterocycles. The lowest BCUT2D eigenvalue weighted by Crippen LogP contribution is -2.39. The van der Waals surface area contributed by atoms with Crippen LogP contribution in [-0.4, -0.2) is 29.9 Å². The van der Waals surface area contributed by atoms with Crippen molar-refractivity contribution in [2.24, 2.45) is 5.92 Å². The van der Waals surface area contributed by atoms with Crippen molar-refractivity contribution in [3.05, 3.63) is 57.5 Å². The Labute approximate surface area is 155 Å². The fourth-order valence-corrected chi connectivity index (χ4v) is 3.98. The van der Waals surface area contributed by atoms with Crippen molar-refractivity contribution in [1.29, 1.82) is 0 Å². The highest BCUT2D eigenvalue weighted by Crippen LogP contribution is 2.36. The summed E-state index contributed by atoms with van der Waals surface area (Å²) >= 11 is 0. The van der Waals surface area contributed by atoms with Crippen LogP contribution >= 0.6 is 0 Å². The van der Waals surface area contributed by atoms with Gasteiger partial charge in [0.2, 0.25) is 6.41 Å². The first-order valence-corrected chi connectivity index (χ1v) is 9.26. The van der Waals surface area contributed by atoms with Gasteiger partial charge in [-0.25, -0.2) is 0 Å². The summed E-state index contributed by atoms with van der Waals surface area (Å²) < 4.78 is 5.37. The van der Waals surface area contributed by atoms with Crippen molar-refractivity contribution < 1.29 is 9.53 Å². The van der Waals surface area contributed by atoms with E-state index in [0.717, 1.165) is 49.0 Å². The second kappa shape index (κ2) is 7.81. The molecule has 0 bridgehead atoms. The van der Waals surface area contributed by atoms with Gasteiger partial charge in [0.25, 0.3) is 0 Å². The van der Waals surface area contributed by atoms with Crippen LogP contribution in [0.25, 0.3) is 12.7 Å². The molecule has 1 N–H and O–H groups in total. The predicted octanol–water partition coefficient (Wildman–Crippen LogP) is 2.72. The Morgan fingerprint density at radius 2 is 2.27 bits per heavy atom. The summed E-state index contributed by atoms with van der Waals surface area (Å²) in [6.07, 6.45) is 14.4. The molecule has 0 saturated heterocycles. The lowest BCUT2D eigenvalue weighted by molar-refractivity contribution is -0.121. The predicted molar refractivity (Wildman–Crippen MR) is 106 cm³/mol. The molecule has 0 radical (unpaired) electrons. The van der Waals surface area contributed by atoms with Crippen molar-refractivity contribution in [1.82, 2.24) is 9.88 Å². The van der Waals surface area contributed by atoms with Gasteiger partial charge >= 0.3 is 0 Å². The summed E-state index contributed by atoms with van der Waals surface area (Å²) in [6, 6.07) is 0.0191. The maximum Gasteiger partial charge on any atom is 0.210 e. The van der Waals surface area contributed by atoms with Crippen LogP contribution in [0.5, 0.6) is 0 Å². The van der Waals surface area contributed by atoms with E-state index < -0.39 is 0 Å². The number of H-pyrrole nitrogens is 1. The molecular formula is C22H28N2O2. The molecule has 1 aromatic heterocycles. The van der Waals surface area contributed by atoms with Gasteiger partial charge < -0.3 is 14.6 Å². The van der Waals surface area contributed by atoms with Gasteiger partial charge in [-0.3, -0.25) is 4.79 Å². The van der Waals surface area contributed by atoms with E-state index in [2.05, 4.69) is 42.8 Å². The van der Waals surface area contributed by atoms with Crippen molar-refractivity contribution in [3.63, 3.8) is 0 Å². The van der Waals surface area contributed by atoms with Crippen molar-refractivity contribution in [3.8, 4) is 0 Å². The first kappa shape index (κ1) is 18.3. The second-order valence-corrected chi connectivity index (χ2v) is 7.04. The van der Waals surface area contributed by atoms with Crippen LogP contribution in [0.2, 0.25) is 0 Å². The maximum atomic E-state index is 11.8. The third-order valence-corrected chi connectivity index (χ3v) is 5.49. The molecule has 4 heteroatoms. The highest BCUT2D eigenvalue weighted by molar-refractivity contribution is 5.53. The summed E-state index contributed by atoms with van der Waals surface area (Å²) in [4.78, 5) is 17.2. The molecule has 2 atom stereocenters. The van der Waals surface area contributed by atoms with Crippen LogP contribution in [0.4, 0.5) is 0 Å². The molecule has 4 nitrogen and oxygen atoms in total. The minimum absolute atomic E-state index is 0.0191. The van der Waals surface area contributed by atoms with Crippen molar-refractivity contribution in [2.45, 2.75) is 39.2 Å². The van der Waals surface area contributed by atoms with Gasteiger partial charge in [-0.1, -0.05) is 24.3 Å². The standard InChI is InChI=1S/C22H28N2O2/c1-5-15(2)13-20-16(3)23-21-19(20)11-12-24(14-25)22(21)17-7-6-8-18(26-4)10-9-17/h5,8-10,13-14,17,22-23H,3,6-7,11-12H2,1-2,4H3/b15-5-,20-13+. The molecule has 1 aromatic rings. The molecule has 138 valence electrons. The Morgan fingerprint density at radius 3 is 2.96 bits per heavy atom. The van der Waals surface area contributed by atoms with E-state index in [1.165, 1.54) is 16.4 Å². The normalized spacial score (nSPS) is 24.1. The van der Waals surface area contributed by atoms with Crippen molar-refractivity contribution in [2.75, 3.05) is 13.7 Å².